The zero-order valence-electron chi connectivity index (χ0n) is 9.65. The minimum atomic E-state index is -0.482. The van der Waals surface area contributed by atoms with Crippen LogP contribution in [0.15, 0.2) is 30.6 Å². The van der Waals surface area contributed by atoms with Gasteiger partial charge in [0.05, 0.1) is 12.1 Å². The van der Waals surface area contributed by atoms with Crippen molar-refractivity contribution in [1.82, 2.24) is 9.97 Å². The molecule has 0 aromatic carbocycles. The van der Waals surface area contributed by atoms with Crippen LogP contribution in [0.1, 0.15) is 5.56 Å². The SMILES string of the molecule is COc1ccc(CNc2ncc(Cl)cc2F)cn1. The predicted molar refractivity (Wildman–Crippen MR) is 67.3 cm³/mol. The molecule has 0 aliphatic heterocycles. The second kappa shape index (κ2) is 5.64. The van der Waals surface area contributed by atoms with Gasteiger partial charge in [0, 0.05) is 25.0 Å². The van der Waals surface area contributed by atoms with E-state index in [2.05, 4.69) is 15.3 Å². The molecule has 0 saturated heterocycles. The fourth-order valence-corrected chi connectivity index (χ4v) is 1.51. The number of hydrogen-bond donors (Lipinski definition) is 1. The lowest BCUT2D eigenvalue weighted by atomic mass is 10.3. The Kier molecular flexibility index (Phi) is 3.94. The molecule has 0 bridgehead atoms. The summed E-state index contributed by atoms with van der Waals surface area (Å²) in [6.45, 7) is 0.419. The van der Waals surface area contributed by atoms with Gasteiger partial charge in [-0.15, -0.1) is 0 Å². The molecule has 0 aliphatic carbocycles. The number of nitrogens with one attached hydrogen (secondary N) is 1. The van der Waals surface area contributed by atoms with Crippen molar-refractivity contribution in [2.45, 2.75) is 6.54 Å². The van der Waals surface area contributed by atoms with Crippen LogP contribution in [0.3, 0.4) is 0 Å². The van der Waals surface area contributed by atoms with E-state index in [1.54, 1.807) is 19.4 Å². The standard InChI is InChI=1S/C12H11ClFN3O/c1-18-11-3-2-8(5-15-11)6-16-12-10(14)4-9(13)7-17-12/h2-5,7H,6H2,1H3,(H,16,17). The summed E-state index contributed by atoms with van der Waals surface area (Å²) in [5.74, 6) is 0.216. The Morgan fingerprint density at radius 3 is 2.78 bits per heavy atom. The highest BCUT2D eigenvalue weighted by molar-refractivity contribution is 6.30. The first kappa shape index (κ1) is 12.6. The smallest absolute Gasteiger partial charge is 0.212 e. The molecular formula is C12H11ClFN3O. The molecular weight excluding hydrogens is 257 g/mol. The lowest BCUT2D eigenvalue weighted by molar-refractivity contribution is 0.397. The van der Waals surface area contributed by atoms with Crippen molar-refractivity contribution in [2.75, 3.05) is 12.4 Å². The molecule has 1 N–H and O–H groups in total. The Bertz CT molecular complexity index is 533. The van der Waals surface area contributed by atoms with E-state index in [4.69, 9.17) is 16.3 Å². The van der Waals surface area contributed by atoms with E-state index in [-0.39, 0.29) is 10.8 Å². The Morgan fingerprint density at radius 2 is 2.17 bits per heavy atom. The van der Waals surface area contributed by atoms with Gasteiger partial charge in [-0.05, 0) is 11.6 Å². The molecule has 2 rings (SSSR count). The van der Waals surface area contributed by atoms with Crippen LogP contribution in [-0.4, -0.2) is 17.1 Å². The minimum Gasteiger partial charge on any atom is -0.481 e. The highest BCUT2D eigenvalue weighted by Crippen LogP contribution is 2.16. The van der Waals surface area contributed by atoms with Gasteiger partial charge in [0.25, 0.3) is 0 Å². The Labute approximate surface area is 109 Å². The Morgan fingerprint density at radius 1 is 1.33 bits per heavy atom. The van der Waals surface area contributed by atoms with Crippen LogP contribution in [0.2, 0.25) is 5.02 Å². The Hall–Kier alpha value is -1.88. The van der Waals surface area contributed by atoms with E-state index in [9.17, 15) is 4.39 Å². The molecule has 0 radical (unpaired) electrons. The summed E-state index contributed by atoms with van der Waals surface area (Å²) in [6, 6.07) is 4.79. The van der Waals surface area contributed by atoms with Crippen LogP contribution < -0.4 is 10.1 Å². The maximum Gasteiger partial charge on any atom is 0.212 e. The number of hydrogen-bond acceptors (Lipinski definition) is 4. The minimum absolute atomic E-state index is 0.162. The van der Waals surface area contributed by atoms with Gasteiger partial charge < -0.3 is 10.1 Å². The fourth-order valence-electron chi connectivity index (χ4n) is 1.37. The molecule has 2 heterocycles. The van der Waals surface area contributed by atoms with E-state index < -0.39 is 5.82 Å². The lowest BCUT2D eigenvalue weighted by Crippen LogP contribution is -2.04. The van der Waals surface area contributed by atoms with E-state index in [1.165, 1.54) is 12.3 Å². The topological polar surface area (TPSA) is 47.0 Å². The number of pyridine rings is 2. The third-order valence-corrected chi connectivity index (χ3v) is 2.48. The van der Waals surface area contributed by atoms with Crippen molar-refractivity contribution in [3.8, 4) is 5.88 Å². The van der Waals surface area contributed by atoms with E-state index in [1.807, 2.05) is 6.07 Å². The summed E-state index contributed by atoms with van der Waals surface area (Å²) in [5.41, 5.74) is 0.895. The zero-order valence-corrected chi connectivity index (χ0v) is 10.4. The summed E-state index contributed by atoms with van der Waals surface area (Å²) < 4.78 is 18.4. The summed E-state index contributed by atoms with van der Waals surface area (Å²) in [5, 5.41) is 3.14. The average molecular weight is 268 g/mol. The molecule has 18 heavy (non-hydrogen) atoms. The molecule has 6 heteroatoms. The van der Waals surface area contributed by atoms with Crippen molar-refractivity contribution in [1.29, 1.82) is 0 Å². The quantitative estimate of drug-likeness (QED) is 0.925. The third-order valence-electron chi connectivity index (χ3n) is 2.27. The first-order valence-corrected chi connectivity index (χ1v) is 5.60. The largest absolute Gasteiger partial charge is 0.481 e. The van der Waals surface area contributed by atoms with Crippen molar-refractivity contribution in [3.05, 3.63) is 47.0 Å². The molecule has 2 aromatic heterocycles. The zero-order chi connectivity index (χ0) is 13.0. The molecule has 0 amide bonds. The fraction of sp³-hybridized carbons (Fsp3) is 0.167. The Balaban J connectivity index is 2.02. The molecule has 0 aliphatic rings. The van der Waals surface area contributed by atoms with Crippen LogP contribution >= 0.6 is 11.6 Å². The van der Waals surface area contributed by atoms with Crippen LogP contribution in [0.25, 0.3) is 0 Å². The van der Waals surface area contributed by atoms with E-state index >= 15 is 0 Å². The third kappa shape index (κ3) is 3.07. The molecule has 0 fully saturated rings. The number of methoxy groups -OCH3 is 1. The van der Waals surface area contributed by atoms with E-state index in [0.717, 1.165) is 5.56 Å². The van der Waals surface area contributed by atoms with Gasteiger partial charge in [0.15, 0.2) is 11.6 Å². The normalized spacial score (nSPS) is 10.2. The number of rotatable bonds is 4. The molecule has 4 nitrogen and oxygen atoms in total. The monoisotopic (exact) mass is 267 g/mol. The van der Waals surface area contributed by atoms with Crippen molar-refractivity contribution >= 4 is 17.4 Å². The average Bonchev–Trinajstić information content (AvgIpc) is 2.38. The number of ether oxygens (including phenoxy) is 1. The first-order chi connectivity index (χ1) is 8.69. The number of nitrogens with zero attached hydrogens (tertiary/aromatic N) is 2. The molecule has 0 unspecified atom stereocenters. The molecule has 0 saturated carbocycles. The predicted octanol–water partition coefficient (Wildman–Crippen LogP) is 2.89. The van der Waals surface area contributed by atoms with Crippen LogP contribution in [0.4, 0.5) is 10.2 Å². The summed E-state index contributed by atoms with van der Waals surface area (Å²) >= 11 is 5.61. The van der Waals surface area contributed by atoms with Gasteiger partial charge in [-0.1, -0.05) is 17.7 Å². The summed E-state index contributed by atoms with van der Waals surface area (Å²) in [4.78, 5) is 7.91. The van der Waals surface area contributed by atoms with Crippen molar-refractivity contribution in [2.24, 2.45) is 0 Å². The molecule has 0 atom stereocenters. The summed E-state index contributed by atoms with van der Waals surface area (Å²) in [6.07, 6.45) is 3.04. The lowest BCUT2D eigenvalue weighted by Gasteiger charge is -2.07. The van der Waals surface area contributed by atoms with Gasteiger partial charge in [-0.3, -0.25) is 0 Å². The van der Waals surface area contributed by atoms with Gasteiger partial charge in [-0.25, -0.2) is 14.4 Å². The van der Waals surface area contributed by atoms with Gasteiger partial charge >= 0.3 is 0 Å². The molecule has 2 aromatic rings. The maximum absolute atomic E-state index is 13.4. The molecule has 0 spiro atoms. The van der Waals surface area contributed by atoms with Gasteiger partial charge in [0.1, 0.15) is 0 Å². The highest BCUT2D eigenvalue weighted by Gasteiger charge is 2.04. The second-order valence-corrected chi connectivity index (χ2v) is 3.98. The van der Waals surface area contributed by atoms with Crippen LogP contribution in [0, 0.1) is 5.82 Å². The highest BCUT2D eigenvalue weighted by atomic mass is 35.5. The second-order valence-electron chi connectivity index (χ2n) is 3.55. The summed E-state index contributed by atoms with van der Waals surface area (Å²) in [7, 11) is 1.55. The van der Waals surface area contributed by atoms with Crippen LogP contribution in [0.5, 0.6) is 5.88 Å². The molecule has 94 valence electrons. The number of anilines is 1. The van der Waals surface area contributed by atoms with Crippen molar-refractivity contribution in [3.63, 3.8) is 0 Å². The maximum atomic E-state index is 13.4. The number of halogens is 2. The van der Waals surface area contributed by atoms with Gasteiger partial charge in [-0.2, -0.15) is 0 Å². The first-order valence-electron chi connectivity index (χ1n) is 5.23. The van der Waals surface area contributed by atoms with Gasteiger partial charge in [0.2, 0.25) is 5.88 Å². The van der Waals surface area contributed by atoms with Crippen LogP contribution in [-0.2, 0) is 6.54 Å². The van der Waals surface area contributed by atoms with E-state index in [0.29, 0.717) is 12.4 Å². The van der Waals surface area contributed by atoms with Crippen molar-refractivity contribution < 1.29 is 9.13 Å². The number of aromatic nitrogens is 2.